The summed E-state index contributed by atoms with van der Waals surface area (Å²) in [5.41, 5.74) is 5.41. The topological polar surface area (TPSA) is 49.8 Å². The summed E-state index contributed by atoms with van der Waals surface area (Å²) in [6, 6.07) is 2.89. The van der Waals surface area contributed by atoms with E-state index in [0.29, 0.717) is 14.2 Å². The highest BCUT2D eigenvalue weighted by atomic mass is 35.5. The average Bonchev–Trinajstić information content (AvgIpc) is 2.31. The van der Waals surface area contributed by atoms with Crippen LogP contribution in [0.2, 0.25) is 9.36 Å². The largest absolute Gasteiger partial charge is 0.312 e. The van der Waals surface area contributed by atoms with E-state index in [0.717, 1.165) is 0 Å². The first-order valence-corrected chi connectivity index (χ1v) is 4.32. The van der Waals surface area contributed by atoms with Gasteiger partial charge < -0.3 is 5.73 Å². The second-order valence-corrected chi connectivity index (χ2v) is 3.97. The van der Waals surface area contributed by atoms with Crippen molar-refractivity contribution >= 4 is 34.5 Å². The van der Waals surface area contributed by atoms with Gasteiger partial charge in [0.1, 0.15) is 10.4 Å². The van der Waals surface area contributed by atoms with Gasteiger partial charge in [-0.25, -0.2) is 0 Å². The predicted molar refractivity (Wildman–Crippen MR) is 46.9 cm³/mol. The summed E-state index contributed by atoms with van der Waals surface area (Å²) in [4.78, 5) is 0.697. The summed E-state index contributed by atoms with van der Waals surface area (Å²) < 4.78 is 0.479. The molecule has 0 radical (unpaired) electrons. The Morgan fingerprint density at radius 2 is 2.27 bits per heavy atom. The molecule has 0 amide bonds. The van der Waals surface area contributed by atoms with Gasteiger partial charge >= 0.3 is 0 Å². The number of nitriles is 1. The van der Waals surface area contributed by atoms with Crippen molar-refractivity contribution in [2.24, 2.45) is 5.73 Å². The van der Waals surface area contributed by atoms with Crippen molar-refractivity contribution in [2.45, 2.75) is 6.04 Å². The first kappa shape index (κ1) is 8.82. The molecule has 0 aromatic carbocycles. The number of halogens is 2. The monoisotopic (exact) mass is 206 g/mol. The van der Waals surface area contributed by atoms with E-state index in [1.54, 1.807) is 6.07 Å². The number of nitrogens with two attached hydrogens (primary N) is 1. The third-order valence-corrected chi connectivity index (χ3v) is 3.06. The van der Waals surface area contributed by atoms with Gasteiger partial charge in [-0.1, -0.05) is 23.2 Å². The lowest BCUT2D eigenvalue weighted by Crippen LogP contribution is -2.04. The summed E-state index contributed by atoms with van der Waals surface area (Å²) in [5, 5.41) is 8.89. The fraction of sp³-hybridized carbons (Fsp3) is 0.167. The van der Waals surface area contributed by atoms with Crippen LogP contribution in [0.1, 0.15) is 10.9 Å². The van der Waals surface area contributed by atoms with Crippen LogP contribution in [0.15, 0.2) is 6.07 Å². The number of thiophene rings is 1. The Kier molecular flexibility index (Phi) is 2.74. The van der Waals surface area contributed by atoms with Crippen LogP contribution in [0.5, 0.6) is 0 Å². The van der Waals surface area contributed by atoms with E-state index >= 15 is 0 Å². The van der Waals surface area contributed by atoms with E-state index in [-0.39, 0.29) is 0 Å². The van der Waals surface area contributed by atoms with E-state index in [1.165, 1.54) is 11.3 Å². The SMILES string of the molecule is N#CC(N)c1cc(Cl)c(Cl)s1. The summed E-state index contributed by atoms with van der Waals surface area (Å²) in [7, 11) is 0. The minimum absolute atomic E-state index is 0.456. The van der Waals surface area contributed by atoms with Gasteiger partial charge in [0.15, 0.2) is 0 Å². The van der Waals surface area contributed by atoms with Gasteiger partial charge in [-0.2, -0.15) is 5.26 Å². The Bertz CT molecular complexity index is 283. The van der Waals surface area contributed by atoms with Crippen molar-refractivity contribution < 1.29 is 0 Å². The van der Waals surface area contributed by atoms with Crippen LogP contribution in [-0.2, 0) is 0 Å². The van der Waals surface area contributed by atoms with Crippen molar-refractivity contribution in [1.29, 1.82) is 5.26 Å². The molecule has 1 aromatic heterocycles. The van der Waals surface area contributed by atoms with E-state index in [4.69, 9.17) is 34.2 Å². The Hall–Kier alpha value is -0.270. The van der Waals surface area contributed by atoms with Gasteiger partial charge in [-0.05, 0) is 6.07 Å². The van der Waals surface area contributed by atoms with E-state index < -0.39 is 6.04 Å². The maximum absolute atomic E-state index is 8.43. The molecule has 0 spiro atoms. The van der Waals surface area contributed by atoms with Gasteiger partial charge in [0.25, 0.3) is 0 Å². The lowest BCUT2D eigenvalue weighted by atomic mass is 10.3. The summed E-state index contributed by atoms with van der Waals surface area (Å²) in [5.74, 6) is 0. The zero-order chi connectivity index (χ0) is 8.43. The quantitative estimate of drug-likeness (QED) is 0.769. The lowest BCUT2D eigenvalue weighted by molar-refractivity contribution is 0.951. The molecule has 0 saturated carbocycles. The summed E-state index contributed by atoms with van der Waals surface area (Å²) in [6.45, 7) is 0. The first-order chi connectivity index (χ1) is 5.15. The molecule has 1 heterocycles. The first-order valence-electron chi connectivity index (χ1n) is 2.75. The van der Waals surface area contributed by atoms with E-state index in [1.807, 2.05) is 6.07 Å². The molecule has 1 atom stereocenters. The third-order valence-electron chi connectivity index (χ3n) is 1.11. The summed E-state index contributed by atoms with van der Waals surface area (Å²) >= 11 is 12.5. The Balaban J connectivity index is 2.99. The number of rotatable bonds is 1. The fourth-order valence-corrected chi connectivity index (χ4v) is 1.92. The zero-order valence-corrected chi connectivity index (χ0v) is 7.67. The van der Waals surface area contributed by atoms with Crippen LogP contribution in [0.4, 0.5) is 0 Å². The van der Waals surface area contributed by atoms with Crippen LogP contribution >= 0.6 is 34.5 Å². The van der Waals surface area contributed by atoms with Crippen LogP contribution in [-0.4, -0.2) is 0 Å². The number of hydrogen-bond donors (Lipinski definition) is 1. The Morgan fingerprint density at radius 3 is 2.64 bits per heavy atom. The zero-order valence-electron chi connectivity index (χ0n) is 5.34. The third kappa shape index (κ3) is 1.85. The maximum Gasteiger partial charge on any atom is 0.128 e. The van der Waals surface area contributed by atoms with Crippen LogP contribution < -0.4 is 5.73 Å². The second-order valence-electron chi connectivity index (χ2n) is 1.88. The number of nitrogens with zero attached hydrogens (tertiary/aromatic N) is 1. The molecular formula is C6H4Cl2N2S. The molecular weight excluding hydrogens is 203 g/mol. The minimum atomic E-state index is -0.620. The molecule has 0 aliphatic rings. The molecule has 0 saturated heterocycles. The molecule has 1 aromatic rings. The van der Waals surface area contributed by atoms with E-state index in [2.05, 4.69) is 0 Å². The van der Waals surface area contributed by atoms with Crippen LogP contribution in [0, 0.1) is 11.3 Å². The van der Waals surface area contributed by atoms with Gasteiger partial charge in [0.2, 0.25) is 0 Å². The van der Waals surface area contributed by atoms with Crippen molar-refractivity contribution in [1.82, 2.24) is 0 Å². The van der Waals surface area contributed by atoms with Gasteiger partial charge in [0.05, 0.1) is 11.1 Å². The van der Waals surface area contributed by atoms with Gasteiger partial charge in [-0.3, -0.25) is 0 Å². The van der Waals surface area contributed by atoms with Crippen molar-refractivity contribution in [3.8, 4) is 6.07 Å². The predicted octanol–water partition coefficient (Wildman–Crippen LogP) is 2.58. The lowest BCUT2D eigenvalue weighted by Gasteiger charge is -1.93. The van der Waals surface area contributed by atoms with E-state index in [9.17, 15) is 0 Å². The molecule has 58 valence electrons. The van der Waals surface area contributed by atoms with Crippen molar-refractivity contribution in [3.05, 3.63) is 20.3 Å². The summed E-state index contributed by atoms with van der Waals surface area (Å²) in [6.07, 6.45) is 0. The van der Waals surface area contributed by atoms with Gasteiger partial charge in [-0.15, -0.1) is 11.3 Å². The highest BCUT2D eigenvalue weighted by Crippen LogP contribution is 2.33. The molecule has 2 nitrogen and oxygen atoms in total. The fourth-order valence-electron chi connectivity index (χ4n) is 0.580. The molecule has 0 aliphatic heterocycles. The molecule has 1 rings (SSSR count). The molecule has 0 fully saturated rings. The smallest absolute Gasteiger partial charge is 0.128 e. The highest BCUT2D eigenvalue weighted by molar-refractivity contribution is 7.17. The van der Waals surface area contributed by atoms with Crippen molar-refractivity contribution in [3.63, 3.8) is 0 Å². The van der Waals surface area contributed by atoms with Crippen molar-refractivity contribution in [2.75, 3.05) is 0 Å². The highest BCUT2D eigenvalue weighted by Gasteiger charge is 2.10. The molecule has 5 heteroatoms. The van der Waals surface area contributed by atoms with Crippen LogP contribution in [0.25, 0.3) is 0 Å². The molecule has 11 heavy (non-hydrogen) atoms. The number of hydrogen-bond acceptors (Lipinski definition) is 3. The second kappa shape index (κ2) is 3.42. The Morgan fingerprint density at radius 1 is 1.64 bits per heavy atom. The molecule has 2 N–H and O–H groups in total. The minimum Gasteiger partial charge on any atom is -0.312 e. The van der Waals surface area contributed by atoms with Gasteiger partial charge in [0, 0.05) is 4.88 Å². The van der Waals surface area contributed by atoms with Crippen LogP contribution in [0.3, 0.4) is 0 Å². The molecule has 0 aliphatic carbocycles. The normalized spacial score (nSPS) is 12.5. The maximum atomic E-state index is 8.43. The standard InChI is InChI=1S/C6H4Cl2N2S/c7-3-1-5(4(10)2-9)11-6(3)8/h1,4H,10H2. The average molecular weight is 207 g/mol. The molecule has 0 bridgehead atoms. The molecule has 1 unspecified atom stereocenters. The Labute approximate surface area is 78.1 Å².